The molecule has 2 aromatic rings. The molecule has 2 rings (SSSR count). The van der Waals surface area contributed by atoms with Crippen molar-refractivity contribution >= 4 is 16.6 Å². The molecule has 3 nitrogen and oxygen atoms in total. The molecule has 1 heterocycles. The van der Waals surface area contributed by atoms with E-state index in [0.29, 0.717) is 0 Å². The van der Waals surface area contributed by atoms with Crippen LogP contribution in [0.25, 0.3) is 10.9 Å². The van der Waals surface area contributed by atoms with Gasteiger partial charge < -0.3 is 10.1 Å². The van der Waals surface area contributed by atoms with E-state index >= 15 is 0 Å². The number of rotatable bonds is 5. The number of aromatic nitrogens is 1. The Morgan fingerprint density at radius 2 is 2.12 bits per heavy atom. The van der Waals surface area contributed by atoms with Crippen LogP contribution in [0.15, 0.2) is 36.5 Å². The highest BCUT2D eigenvalue weighted by Crippen LogP contribution is 2.20. The first-order valence-corrected chi connectivity index (χ1v) is 5.48. The maximum Gasteiger partial charge on any atom is 0.0933 e. The molecule has 0 aliphatic rings. The SMILES string of the molecule is COCCCNc1cccc2cccnc12. The summed E-state index contributed by atoms with van der Waals surface area (Å²) in [7, 11) is 1.72. The number of nitrogens with one attached hydrogen (secondary N) is 1. The van der Waals surface area contributed by atoms with Crippen molar-refractivity contribution in [1.29, 1.82) is 0 Å². The molecule has 0 aliphatic carbocycles. The lowest BCUT2D eigenvalue weighted by Gasteiger charge is -2.08. The molecule has 0 amide bonds. The first kappa shape index (κ1) is 10.9. The standard InChI is InChI=1S/C13H16N2O/c1-16-10-4-9-14-12-7-2-5-11-6-3-8-15-13(11)12/h2-3,5-8,14H,4,9-10H2,1H3. The van der Waals surface area contributed by atoms with Crippen LogP contribution < -0.4 is 5.32 Å². The normalized spacial score (nSPS) is 10.6. The van der Waals surface area contributed by atoms with Crippen molar-refractivity contribution in [2.45, 2.75) is 6.42 Å². The lowest BCUT2D eigenvalue weighted by molar-refractivity contribution is 0.198. The molecule has 0 fully saturated rings. The molecule has 1 N–H and O–H groups in total. The maximum absolute atomic E-state index is 5.01. The highest BCUT2D eigenvalue weighted by atomic mass is 16.5. The molecular weight excluding hydrogens is 200 g/mol. The van der Waals surface area contributed by atoms with Crippen LogP contribution in [0.4, 0.5) is 5.69 Å². The fourth-order valence-corrected chi connectivity index (χ4v) is 1.69. The summed E-state index contributed by atoms with van der Waals surface area (Å²) in [4.78, 5) is 4.39. The van der Waals surface area contributed by atoms with E-state index in [-0.39, 0.29) is 0 Å². The van der Waals surface area contributed by atoms with Crippen LogP contribution in [-0.2, 0) is 4.74 Å². The monoisotopic (exact) mass is 216 g/mol. The van der Waals surface area contributed by atoms with E-state index in [4.69, 9.17) is 4.74 Å². The van der Waals surface area contributed by atoms with Gasteiger partial charge in [-0.15, -0.1) is 0 Å². The number of nitrogens with zero attached hydrogens (tertiary/aromatic N) is 1. The molecule has 16 heavy (non-hydrogen) atoms. The average molecular weight is 216 g/mol. The second kappa shape index (κ2) is 5.47. The number of pyridine rings is 1. The van der Waals surface area contributed by atoms with E-state index in [9.17, 15) is 0 Å². The maximum atomic E-state index is 5.01. The molecule has 1 aromatic heterocycles. The fourth-order valence-electron chi connectivity index (χ4n) is 1.69. The van der Waals surface area contributed by atoms with Gasteiger partial charge in [-0.2, -0.15) is 0 Å². The molecule has 0 bridgehead atoms. The zero-order chi connectivity index (χ0) is 11.2. The first-order chi connectivity index (χ1) is 7.92. The Labute approximate surface area is 95.5 Å². The van der Waals surface area contributed by atoms with Gasteiger partial charge in [-0.1, -0.05) is 18.2 Å². The number of hydrogen-bond donors (Lipinski definition) is 1. The fraction of sp³-hybridized carbons (Fsp3) is 0.308. The molecule has 0 unspecified atom stereocenters. The van der Waals surface area contributed by atoms with Gasteiger partial charge in [0.25, 0.3) is 0 Å². The number of methoxy groups -OCH3 is 1. The van der Waals surface area contributed by atoms with Crippen molar-refractivity contribution in [1.82, 2.24) is 4.98 Å². The van der Waals surface area contributed by atoms with Gasteiger partial charge in [0.15, 0.2) is 0 Å². The van der Waals surface area contributed by atoms with Crippen molar-refractivity contribution in [3.05, 3.63) is 36.5 Å². The van der Waals surface area contributed by atoms with Crippen LogP contribution in [0.5, 0.6) is 0 Å². The van der Waals surface area contributed by atoms with Crippen LogP contribution >= 0.6 is 0 Å². The van der Waals surface area contributed by atoms with Gasteiger partial charge in [0.05, 0.1) is 11.2 Å². The van der Waals surface area contributed by atoms with E-state index in [1.165, 1.54) is 5.39 Å². The van der Waals surface area contributed by atoms with Crippen LogP contribution in [0.3, 0.4) is 0 Å². The van der Waals surface area contributed by atoms with Crippen molar-refractivity contribution < 1.29 is 4.74 Å². The summed E-state index contributed by atoms with van der Waals surface area (Å²) in [5.74, 6) is 0. The quantitative estimate of drug-likeness (QED) is 0.780. The van der Waals surface area contributed by atoms with Crippen molar-refractivity contribution in [3.8, 4) is 0 Å². The lowest BCUT2D eigenvalue weighted by Crippen LogP contribution is -2.05. The Morgan fingerprint density at radius 1 is 1.25 bits per heavy atom. The Morgan fingerprint density at radius 3 is 3.00 bits per heavy atom. The molecule has 1 aromatic carbocycles. The van der Waals surface area contributed by atoms with Crippen molar-refractivity contribution in [3.63, 3.8) is 0 Å². The molecule has 0 spiro atoms. The molecule has 0 saturated carbocycles. The van der Waals surface area contributed by atoms with Crippen molar-refractivity contribution in [2.24, 2.45) is 0 Å². The Balaban J connectivity index is 2.11. The highest BCUT2D eigenvalue weighted by Gasteiger charge is 1.99. The summed E-state index contributed by atoms with van der Waals surface area (Å²) in [6, 6.07) is 10.2. The third-order valence-electron chi connectivity index (χ3n) is 2.47. The van der Waals surface area contributed by atoms with E-state index < -0.39 is 0 Å². The molecular formula is C13H16N2O. The van der Waals surface area contributed by atoms with Gasteiger partial charge in [-0.25, -0.2) is 0 Å². The number of benzene rings is 1. The van der Waals surface area contributed by atoms with Gasteiger partial charge in [0, 0.05) is 31.8 Å². The van der Waals surface area contributed by atoms with Gasteiger partial charge in [0.1, 0.15) is 0 Å². The number of para-hydroxylation sites is 1. The largest absolute Gasteiger partial charge is 0.385 e. The predicted molar refractivity (Wildman–Crippen MR) is 66.7 cm³/mol. The Bertz CT molecular complexity index is 451. The topological polar surface area (TPSA) is 34.1 Å². The third kappa shape index (κ3) is 2.49. The summed E-state index contributed by atoms with van der Waals surface area (Å²) in [5.41, 5.74) is 2.12. The summed E-state index contributed by atoms with van der Waals surface area (Å²) in [6.07, 6.45) is 2.82. The minimum atomic E-state index is 0.783. The van der Waals surface area contributed by atoms with E-state index in [0.717, 1.165) is 30.8 Å². The minimum absolute atomic E-state index is 0.783. The van der Waals surface area contributed by atoms with Gasteiger partial charge in [-0.3, -0.25) is 4.98 Å². The van der Waals surface area contributed by atoms with Crippen LogP contribution in [0, 0.1) is 0 Å². The average Bonchev–Trinajstić information content (AvgIpc) is 2.35. The Hall–Kier alpha value is -1.61. The number of hydrogen-bond acceptors (Lipinski definition) is 3. The minimum Gasteiger partial charge on any atom is -0.385 e. The molecule has 0 saturated heterocycles. The smallest absolute Gasteiger partial charge is 0.0933 e. The van der Waals surface area contributed by atoms with E-state index in [1.54, 1.807) is 7.11 Å². The summed E-state index contributed by atoms with van der Waals surface area (Å²) >= 11 is 0. The number of ether oxygens (including phenoxy) is 1. The molecule has 0 atom stereocenters. The lowest BCUT2D eigenvalue weighted by atomic mass is 10.2. The zero-order valence-corrected chi connectivity index (χ0v) is 9.44. The van der Waals surface area contributed by atoms with Gasteiger partial charge in [-0.05, 0) is 18.6 Å². The molecule has 0 aliphatic heterocycles. The van der Waals surface area contributed by atoms with E-state index in [1.807, 2.05) is 18.3 Å². The summed E-state index contributed by atoms with van der Waals surface area (Å²) < 4.78 is 5.01. The third-order valence-corrected chi connectivity index (χ3v) is 2.47. The Kier molecular flexibility index (Phi) is 3.72. The molecule has 3 heteroatoms. The number of anilines is 1. The summed E-state index contributed by atoms with van der Waals surface area (Å²) in [6.45, 7) is 1.69. The molecule has 0 radical (unpaired) electrons. The first-order valence-electron chi connectivity index (χ1n) is 5.48. The zero-order valence-electron chi connectivity index (χ0n) is 9.44. The van der Waals surface area contributed by atoms with Crippen LogP contribution in [0.2, 0.25) is 0 Å². The second-order valence-corrected chi connectivity index (χ2v) is 3.65. The summed E-state index contributed by atoms with van der Waals surface area (Å²) in [5, 5.41) is 4.55. The van der Waals surface area contributed by atoms with Crippen molar-refractivity contribution in [2.75, 3.05) is 25.6 Å². The van der Waals surface area contributed by atoms with Crippen LogP contribution in [-0.4, -0.2) is 25.2 Å². The second-order valence-electron chi connectivity index (χ2n) is 3.65. The number of fused-ring (bicyclic) bond motifs is 1. The van der Waals surface area contributed by atoms with Gasteiger partial charge >= 0.3 is 0 Å². The van der Waals surface area contributed by atoms with Crippen LogP contribution in [0.1, 0.15) is 6.42 Å². The van der Waals surface area contributed by atoms with E-state index in [2.05, 4.69) is 28.5 Å². The highest BCUT2D eigenvalue weighted by molar-refractivity contribution is 5.90. The molecule has 84 valence electrons. The van der Waals surface area contributed by atoms with Gasteiger partial charge in [0.2, 0.25) is 0 Å². The predicted octanol–water partition coefficient (Wildman–Crippen LogP) is 2.68.